The van der Waals surface area contributed by atoms with E-state index in [1.807, 2.05) is 0 Å². The maximum atomic E-state index is 15.0. The lowest BCUT2D eigenvalue weighted by Gasteiger charge is -2.19. The summed E-state index contributed by atoms with van der Waals surface area (Å²) in [6.07, 6.45) is 0. The number of rotatable bonds is 3. The summed E-state index contributed by atoms with van der Waals surface area (Å²) >= 11 is 5.98. The first-order valence-electron chi connectivity index (χ1n) is 9.50. The molecular weight excluding hydrogens is 419 g/mol. The third-order valence-electron chi connectivity index (χ3n) is 4.19. The van der Waals surface area contributed by atoms with E-state index in [4.69, 9.17) is 17.3 Å². The van der Waals surface area contributed by atoms with Gasteiger partial charge in [0.25, 0.3) is 5.91 Å². The van der Waals surface area contributed by atoms with Gasteiger partial charge < -0.3 is 16.2 Å². The molecule has 160 valence electrons. The lowest BCUT2D eigenvalue weighted by Crippen LogP contribution is -2.40. The first-order chi connectivity index (χ1) is 14.6. The molecular formula is C23H22ClFN4O2. The number of aromatic nitrogens is 2. The molecule has 0 aliphatic heterocycles. The standard InChI is InChI=1S/C23H22ClFN4O2/c1-23(2,3)27-22(31)19-21(30)20(15-7-9-16(24)10-8-15)29(28-19)18-11-6-14(5-4-12-26)13-17(18)25/h6-11,13,30H,12,26H2,1-3H3,(H,27,31). The van der Waals surface area contributed by atoms with Crippen LogP contribution in [0.25, 0.3) is 16.9 Å². The Hall–Kier alpha value is -3.34. The molecule has 0 saturated carbocycles. The molecule has 6 nitrogen and oxygen atoms in total. The summed E-state index contributed by atoms with van der Waals surface area (Å²) in [5.74, 6) is 3.87. The van der Waals surface area contributed by atoms with Gasteiger partial charge in [0, 0.05) is 21.7 Å². The Labute approximate surface area is 184 Å². The number of nitrogens with zero attached hydrogens (tertiary/aromatic N) is 2. The van der Waals surface area contributed by atoms with E-state index in [2.05, 4.69) is 22.3 Å². The number of carbonyl (C=O) groups is 1. The fourth-order valence-corrected chi connectivity index (χ4v) is 3.04. The zero-order valence-electron chi connectivity index (χ0n) is 17.3. The second kappa shape index (κ2) is 8.80. The average molecular weight is 441 g/mol. The van der Waals surface area contributed by atoms with Crippen LogP contribution < -0.4 is 11.1 Å². The van der Waals surface area contributed by atoms with Crippen LogP contribution in [0.4, 0.5) is 4.39 Å². The predicted molar refractivity (Wildman–Crippen MR) is 119 cm³/mol. The van der Waals surface area contributed by atoms with E-state index in [0.29, 0.717) is 16.1 Å². The minimum atomic E-state index is -0.621. The Balaban J connectivity index is 2.20. The Bertz CT molecular complexity index is 1190. The van der Waals surface area contributed by atoms with E-state index in [9.17, 15) is 14.3 Å². The van der Waals surface area contributed by atoms with Crippen molar-refractivity contribution in [2.75, 3.05) is 6.54 Å². The van der Waals surface area contributed by atoms with Gasteiger partial charge in [0.2, 0.25) is 0 Å². The van der Waals surface area contributed by atoms with Crippen LogP contribution in [-0.2, 0) is 0 Å². The fraction of sp³-hybridized carbons (Fsp3) is 0.217. The number of hydrogen-bond acceptors (Lipinski definition) is 4. The molecule has 3 aromatic rings. The molecule has 0 fully saturated rings. The minimum Gasteiger partial charge on any atom is -0.504 e. The maximum Gasteiger partial charge on any atom is 0.276 e. The van der Waals surface area contributed by atoms with Crippen LogP contribution in [0.3, 0.4) is 0 Å². The predicted octanol–water partition coefficient (Wildman–Crippen LogP) is 3.88. The molecule has 3 rings (SSSR count). The van der Waals surface area contributed by atoms with Crippen LogP contribution in [0.15, 0.2) is 42.5 Å². The van der Waals surface area contributed by atoms with Crippen LogP contribution in [0.1, 0.15) is 36.8 Å². The van der Waals surface area contributed by atoms with Gasteiger partial charge in [-0.3, -0.25) is 4.79 Å². The molecule has 0 radical (unpaired) electrons. The van der Waals surface area contributed by atoms with Gasteiger partial charge >= 0.3 is 0 Å². The zero-order chi connectivity index (χ0) is 22.8. The third kappa shape index (κ3) is 5.05. The zero-order valence-corrected chi connectivity index (χ0v) is 18.1. The number of aromatic hydroxyl groups is 1. The lowest BCUT2D eigenvalue weighted by molar-refractivity contribution is 0.0911. The molecule has 0 unspecified atom stereocenters. The summed E-state index contributed by atoms with van der Waals surface area (Å²) in [5.41, 5.74) is 5.76. The van der Waals surface area contributed by atoms with E-state index < -0.39 is 17.3 Å². The first-order valence-corrected chi connectivity index (χ1v) is 9.88. The van der Waals surface area contributed by atoms with Crippen molar-refractivity contribution < 1.29 is 14.3 Å². The third-order valence-corrected chi connectivity index (χ3v) is 4.44. The van der Waals surface area contributed by atoms with Crippen LogP contribution >= 0.6 is 11.6 Å². The van der Waals surface area contributed by atoms with Gasteiger partial charge in [-0.2, -0.15) is 5.10 Å². The quantitative estimate of drug-likeness (QED) is 0.539. The number of hydrogen-bond donors (Lipinski definition) is 3. The molecule has 0 atom stereocenters. The van der Waals surface area contributed by atoms with Gasteiger partial charge in [0.05, 0.1) is 6.54 Å². The van der Waals surface area contributed by atoms with Gasteiger partial charge in [-0.25, -0.2) is 9.07 Å². The van der Waals surface area contributed by atoms with Crippen molar-refractivity contribution in [2.45, 2.75) is 26.3 Å². The summed E-state index contributed by atoms with van der Waals surface area (Å²) in [5, 5.41) is 18.4. The van der Waals surface area contributed by atoms with Gasteiger partial charge in [-0.05, 0) is 51.1 Å². The highest BCUT2D eigenvalue weighted by atomic mass is 35.5. The summed E-state index contributed by atoms with van der Waals surface area (Å²) in [7, 11) is 0. The van der Waals surface area contributed by atoms with Crippen molar-refractivity contribution in [1.82, 2.24) is 15.1 Å². The fourth-order valence-electron chi connectivity index (χ4n) is 2.91. The smallest absolute Gasteiger partial charge is 0.276 e. The largest absolute Gasteiger partial charge is 0.504 e. The van der Waals surface area contributed by atoms with E-state index in [0.717, 1.165) is 0 Å². The van der Waals surface area contributed by atoms with Crippen molar-refractivity contribution >= 4 is 17.5 Å². The molecule has 1 aromatic heterocycles. The van der Waals surface area contributed by atoms with Crippen molar-refractivity contribution in [3.05, 3.63) is 64.6 Å². The molecule has 0 aliphatic carbocycles. The second-order valence-corrected chi connectivity index (χ2v) is 8.28. The average Bonchev–Trinajstić information content (AvgIpc) is 3.03. The normalized spacial score (nSPS) is 11.0. The Morgan fingerprint density at radius 2 is 1.94 bits per heavy atom. The molecule has 0 saturated heterocycles. The van der Waals surface area contributed by atoms with Crippen LogP contribution in [0.2, 0.25) is 5.02 Å². The van der Waals surface area contributed by atoms with Crippen LogP contribution in [0, 0.1) is 17.7 Å². The van der Waals surface area contributed by atoms with Crippen LogP contribution in [0.5, 0.6) is 5.75 Å². The van der Waals surface area contributed by atoms with Gasteiger partial charge in [0.15, 0.2) is 11.4 Å². The Kier molecular flexibility index (Phi) is 6.34. The lowest BCUT2D eigenvalue weighted by atomic mass is 10.1. The van der Waals surface area contributed by atoms with Crippen molar-refractivity contribution in [3.8, 4) is 34.5 Å². The highest BCUT2D eigenvalue weighted by Gasteiger charge is 2.27. The number of benzene rings is 2. The summed E-state index contributed by atoms with van der Waals surface area (Å²) in [6.45, 7) is 5.57. The van der Waals surface area contributed by atoms with E-state index in [-0.39, 0.29) is 29.4 Å². The van der Waals surface area contributed by atoms with E-state index >= 15 is 0 Å². The van der Waals surface area contributed by atoms with Crippen LogP contribution in [-0.4, -0.2) is 32.9 Å². The number of halogens is 2. The topological polar surface area (TPSA) is 93.2 Å². The molecule has 4 N–H and O–H groups in total. The second-order valence-electron chi connectivity index (χ2n) is 7.84. The molecule has 0 spiro atoms. The number of carbonyl (C=O) groups excluding carboxylic acids is 1. The highest BCUT2D eigenvalue weighted by molar-refractivity contribution is 6.30. The summed E-state index contributed by atoms with van der Waals surface area (Å²) in [6, 6.07) is 10.9. The van der Waals surface area contributed by atoms with E-state index in [1.165, 1.54) is 16.8 Å². The monoisotopic (exact) mass is 440 g/mol. The van der Waals surface area contributed by atoms with Gasteiger partial charge in [-0.1, -0.05) is 35.6 Å². The van der Waals surface area contributed by atoms with Crippen molar-refractivity contribution in [2.24, 2.45) is 5.73 Å². The minimum absolute atomic E-state index is 0.0494. The number of nitrogens with two attached hydrogens (primary N) is 1. The highest BCUT2D eigenvalue weighted by Crippen LogP contribution is 2.36. The molecule has 1 heterocycles. The molecule has 8 heteroatoms. The molecule has 2 aromatic carbocycles. The number of amides is 1. The van der Waals surface area contributed by atoms with Crippen molar-refractivity contribution in [1.29, 1.82) is 0 Å². The first kappa shape index (κ1) is 22.3. The summed E-state index contributed by atoms with van der Waals surface area (Å²) in [4.78, 5) is 12.7. The number of nitrogens with one attached hydrogen (secondary N) is 1. The Morgan fingerprint density at radius 1 is 1.26 bits per heavy atom. The molecule has 31 heavy (non-hydrogen) atoms. The van der Waals surface area contributed by atoms with Crippen molar-refractivity contribution in [3.63, 3.8) is 0 Å². The summed E-state index contributed by atoms with van der Waals surface area (Å²) < 4.78 is 16.2. The van der Waals surface area contributed by atoms with Gasteiger partial charge in [0.1, 0.15) is 17.2 Å². The Morgan fingerprint density at radius 3 is 2.52 bits per heavy atom. The van der Waals surface area contributed by atoms with E-state index in [1.54, 1.807) is 51.1 Å². The van der Waals surface area contributed by atoms with Gasteiger partial charge in [-0.15, -0.1) is 0 Å². The molecule has 0 bridgehead atoms. The SMILES string of the molecule is CC(C)(C)NC(=O)c1nn(-c2ccc(C#CCN)cc2F)c(-c2ccc(Cl)cc2)c1O. The maximum absolute atomic E-state index is 15.0. The molecule has 0 aliphatic rings. The molecule has 1 amide bonds.